The molecule has 22 heavy (non-hydrogen) atoms. The van der Waals surface area contributed by atoms with Gasteiger partial charge in [-0.2, -0.15) is 5.10 Å². The van der Waals surface area contributed by atoms with Crippen LogP contribution in [0.15, 0.2) is 36.5 Å². The first-order valence-electron chi connectivity index (χ1n) is 7.29. The van der Waals surface area contributed by atoms with Gasteiger partial charge in [-0.05, 0) is 36.6 Å². The van der Waals surface area contributed by atoms with E-state index in [4.69, 9.17) is 5.11 Å². The van der Waals surface area contributed by atoms with Crippen LogP contribution in [0.3, 0.4) is 0 Å². The SMILES string of the molecule is O=C(O)c1ccn(-c2cccc(CNC(=O)C3CCC3)c2)n1. The van der Waals surface area contributed by atoms with Gasteiger partial charge in [0.05, 0.1) is 5.69 Å². The molecule has 1 aliphatic rings. The first-order chi connectivity index (χ1) is 10.6. The Morgan fingerprint density at radius 2 is 2.14 bits per heavy atom. The van der Waals surface area contributed by atoms with Crippen LogP contribution in [0.4, 0.5) is 0 Å². The van der Waals surface area contributed by atoms with Gasteiger partial charge >= 0.3 is 5.97 Å². The molecule has 0 radical (unpaired) electrons. The highest BCUT2D eigenvalue weighted by Gasteiger charge is 2.24. The van der Waals surface area contributed by atoms with Gasteiger partial charge < -0.3 is 10.4 Å². The summed E-state index contributed by atoms with van der Waals surface area (Å²) in [4.78, 5) is 22.7. The van der Waals surface area contributed by atoms with E-state index < -0.39 is 5.97 Å². The largest absolute Gasteiger partial charge is 0.476 e. The van der Waals surface area contributed by atoms with Crippen molar-refractivity contribution in [2.45, 2.75) is 25.8 Å². The molecule has 1 saturated carbocycles. The fraction of sp³-hybridized carbons (Fsp3) is 0.312. The van der Waals surface area contributed by atoms with Crippen LogP contribution in [0, 0.1) is 5.92 Å². The molecule has 1 aromatic heterocycles. The number of hydrogen-bond acceptors (Lipinski definition) is 3. The molecule has 1 aromatic carbocycles. The number of hydrogen-bond donors (Lipinski definition) is 2. The van der Waals surface area contributed by atoms with Gasteiger partial charge in [0.25, 0.3) is 0 Å². The number of carboxylic acid groups (broad SMARTS) is 1. The maximum Gasteiger partial charge on any atom is 0.356 e. The highest BCUT2D eigenvalue weighted by Crippen LogP contribution is 2.26. The van der Waals surface area contributed by atoms with Crippen molar-refractivity contribution in [1.82, 2.24) is 15.1 Å². The Morgan fingerprint density at radius 3 is 2.77 bits per heavy atom. The summed E-state index contributed by atoms with van der Waals surface area (Å²) >= 11 is 0. The Morgan fingerprint density at radius 1 is 1.32 bits per heavy atom. The van der Waals surface area contributed by atoms with Crippen LogP contribution in [-0.4, -0.2) is 26.8 Å². The molecule has 0 atom stereocenters. The molecule has 0 bridgehead atoms. The van der Waals surface area contributed by atoms with E-state index in [0.717, 1.165) is 30.5 Å². The molecular weight excluding hydrogens is 282 g/mol. The van der Waals surface area contributed by atoms with E-state index >= 15 is 0 Å². The van der Waals surface area contributed by atoms with Crippen LogP contribution in [0.5, 0.6) is 0 Å². The molecule has 1 aliphatic carbocycles. The minimum atomic E-state index is -1.05. The summed E-state index contributed by atoms with van der Waals surface area (Å²) in [7, 11) is 0. The van der Waals surface area contributed by atoms with Crippen molar-refractivity contribution in [1.29, 1.82) is 0 Å². The topological polar surface area (TPSA) is 84.2 Å². The summed E-state index contributed by atoms with van der Waals surface area (Å²) in [6, 6.07) is 8.97. The molecule has 0 aliphatic heterocycles. The number of aromatic carboxylic acids is 1. The lowest BCUT2D eigenvalue weighted by molar-refractivity contribution is -0.127. The number of benzene rings is 1. The Bertz CT molecular complexity index is 704. The first-order valence-corrected chi connectivity index (χ1v) is 7.29. The van der Waals surface area contributed by atoms with Crippen molar-refractivity contribution < 1.29 is 14.7 Å². The van der Waals surface area contributed by atoms with Crippen LogP contribution in [0.2, 0.25) is 0 Å². The number of carbonyl (C=O) groups excluding carboxylic acids is 1. The number of rotatable bonds is 5. The van der Waals surface area contributed by atoms with Crippen molar-refractivity contribution in [3.63, 3.8) is 0 Å². The van der Waals surface area contributed by atoms with E-state index in [2.05, 4.69) is 10.4 Å². The second kappa shape index (κ2) is 6.01. The van der Waals surface area contributed by atoms with Gasteiger partial charge in [0.2, 0.25) is 5.91 Å². The Balaban J connectivity index is 1.68. The second-order valence-corrected chi connectivity index (χ2v) is 5.47. The molecule has 114 valence electrons. The van der Waals surface area contributed by atoms with Crippen molar-refractivity contribution in [2.75, 3.05) is 0 Å². The lowest BCUT2D eigenvalue weighted by atomic mass is 9.85. The van der Waals surface area contributed by atoms with E-state index in [-0.39, 0.29) is 17.5 Å². The Kier molecular flexibility index (Phi) is 3.91. The molecule has 2 N–H and O–H groups in total. The molecular formula is C16H17N3O3. The third kappa shape index (κ3) is 3.00. The van der Waals surface area contributed by atoms with E-state index in [1.165, 1.54) is 10.7 Å². The van der Waals surface area contributed by atoms with Crippen molar-refractivity contribution in [2.24, 2.45) is 5.92 Å². The quantitative estimate of drug-likeness (QED) is 0.884. The molecule has 6 nitrogen and oxygen atoms in total. The van der Waals surface area contributed by atoms with Gasteiger partial charge in [-0.15, -0.1) is 0 Å². The fourth-order valence-corrected chi connectivity index (χ4v) is 2.39. The molecule has 0 saturated heterocycles. The number of aromatic nitrogens is 2. The van der Waals surface area contributed by atoms with Gasteiger partial charge in [-0.3, -0.25) is 4.79 Å². The summed E-state index contributed by atoms with van der Waals surface area (Å²) in [5.41, 5.74) is 1.73. The molecule has 0 unspecified atom stereocenters. The predicted molar refractivity (Wildman–Crippen MR) is 79.7 cm³/mol. The number of carbonyl (C=O) groups is 2. The lowest BCUT2D eigenvalue weighted by Crippen LogP contribution is -2.33. The lowest BCUT2D eigenvalue weighted by Gasteiger charge is -2.24. The highest BCUT2D eigenvalue weighted by molar-refractivity contribution is 5.85. The van der Waals surface area contributed by atoms with Crippen LogP contribution in [0.1, 0.15) is 35.3 Å². The maximum absolute atomic E-state index is 11.8. The summed E-state index contributed by atoms with van der Waals surface area (Å²) in [5.74, 6) is -0.765. The van der Waals surface area contributed by atoms with E-state index in [1.54, 1.807) is 6.20 Å². The minimum absolute atomic E-state index is 0.00342. The monoisotopic (exact) mass is 299 g/mol. The zero-order valence-electron chi connectivity index (χ0n) is 12.0. The normalized spacial score (nSPS) is 14.4. The van der Waals surface area contributed by atoms with Gasteiger partial charge in [-0.1, -0.05) is 18.6 Å². The summed E-state index contributed by atoms with van der Waals surface area (Å²) in [6.45, 7) is 0.468. The van der Waals surface area contributed by atoms with Gasteiger partial charge in [-0.25, -0.2) is 9.48 Å². The zero-order chi connectivity index (χ0) is 15.5. The molecule has 6 heteroatoms. The van der Waals surface area contributed by atoms with Gasteiger partial charge in [0, 0.05) is 18.7 Å². The van der Waals surface area contributed by atoms with Gasteiger partial charge in [0.15, 0.2) is 5.69 Å². The fourth-order valence-electron chi connectivity index (χ4n) is 2.39. The molecule has 0 spiro atoms. The minimum Gasteiger partial charge on any atom is -0.476 e. The smallest absolute Gasteiger partial charge is 0.356 e. The highest BCUT2D eigenvalue weighted by atomic mass is 16.4. The Hall–Kier alpha value is -2.63. The average Bonchev–Trinajstić information content (AvgIpc) is 2.94. The summed E-state index contributed by atoms with van der Waals surface area (Å²) in [5, 5.41) is 15.8. The number of nitrogens with one attached hydrogen (secondary N) is 1. The van der Waals surface area contributed by atoms with Crippen LogP contribution in [0.25, 0.3) is 5.69 Å². The average molecular weight is 299 g/mol. The van der Waals surface area contributed by atoms with E-state index in [0.29, 0.717) is 6.54 Å². The van der Waals surface area contributed by atoms with Crippen molar-refractivity contribution >= 4 is 11.9 Å². The Labute approximate surface area is 127 Å². The predicted octanol–water partition coefficient (Wildman–Crippen LogP) is 1.99. The maximum atomic E-state index is 11.8. The molecule has 2 aromatic rings. The number of nitrogens with zero attached hydrogens (tertiary/aromatic N) is 2. The third-order valence-electron chi connectivity index (χ3n) is 3.93. The second-order valence-electron chi connectivity index (χ2n) is 5.47. The molecule has 1 fully saturated rings. The van der Waals surface area contributed by atoms with E-state index in [1.807, 2.05) is 24.3 Å². The summed E-state index contributed by atoms with van der Waals surface area (Å²) < 4.78 is 1.51. The van der Waals surface area contributed by atoms with Gasteiger partial charge in [0.1, 0.15) is 0 Å². The first kappa shape index (κ1) is 14.3. The summed E-state index contributed by atoms with van der Waals surface area (Å²) in [6.07, 6.45) is 4.71. The van der Waals surface area contributed by atoms with Crippen LogP contribution in [-0.2, 0) is 11.3 Å². The number of carboxylic acids is 1. The standard InChI is InChI=1S/C16H17N3O3/c20-15(12-4-2-5-12)17-10-11-3-1-6-13(9-11)19-8-7-14(18-19)16(21)22/h1,3,6-9,12H,2,4-5,10H2,(H,17,20)(H,21,22). The van der Waals surface area contributed by atoms with Crippen molar-refractivity contribution in [3.8, 4) is 5.69 Å². The molecule has 3 rings (SSSR count). The van der Waals surface area contributed by atoms with Crippen LogP contribution >= 0.6 is 0 Å². The molecule has 1 heterocycles. The van der Waals surface area contributed by atoms with Crippen molar-refractivity contribution in [3.05, 3.63) is 47.8 Å². The molecule has 1 amide bonds. The number of amides is 1. The third-order valence-corrected chi connectivity index (χ3v) is 3.93. The van der Waals surface area contributed by atoms with Crippen LogP contribution < -0.4 is 5.32 Å². The van der Waals surface area contributed by atoms with E-state index in [9.17, 15) is 9.59 Å². The zero-order valence-corrected chi connectivity index (χ0v) is 12.0.